The van der Waals surface area contributed by atoms with Crippen molar-refractivity contribution in [1.82, 2.24) is 19.2 Å². The molecule has 4 rings (SSSR count). The van der Waals surface area contributed by atoms with Crippen LogP contribution in [0.25, 0.3) is 11.4 Å². The molecule has 0 bridgehead atoms. The molecule has 0 spiro atoms. The molecule has 0 radical (unpaired) electrons. The van der Waals surface area contributed by atoms with Crippen molar-refractivity contribution in [2.45, 2.75) is 38.7 Å². The van der Waals surface area contributed by atoms with E-state index in [9.17, 15) is 4.39 Å². The van der Waals surface area contributed by atoms with Gasteiger partial charge in [0.1, 0.15) is 5.82 Å². The second-order valence-corrected chi connectivity index (χ2v) is 8.94. The summed E-state index contributed by atoms with van der Waals surface area (Å²) in [6.07, 6.45) is 2.15. The molecule has 1 aromatic heterocycles. The Hall–Kier alpha value is -1.77. The lowest BCUT2D eigenvalue weighted by atomic mass is 10.2. The fourth-order valence-electron chi connectivity index (χ4n) is 3.73. The van der Waals surface area contributed by atoms with Gasteiger partial charge in [-0.1, -0.05) is 29.3 Å². The summed E-state index contributed by atoms with van der Waals surface area (Å²) in [7, 11) is 1.99. The molecular weight excluding hydrogens is 458 g/mol. The van der Waals surface area contributed by atoms with Gasteiger partial charge in [-0.3, -0.25) is 9.47 Å². The number of hydrogen-bond acceptors (Lipinski definition) is 4. The third kappa shape index (κ3) is 5.35. The van der Waals surface area contributed by atoms with Crippen LogP contribution < -0.4 is 0 Å². The zero-order valence-electron chi connectivity index (χ0n) is 17.1. The molecule has 1 atom stereocenters. The summed E-state index contributed by atoms with van der Waals surface area (Å²) in [6.45, 7) is 2.54. The summed E-state index contributed by atoms with van der Waals surface area (Å²) < 4.78 is 23.7. The lowest BCUT2D eigenvalue weighted by molar-refractivity contribution is 0.0967. The van der Waals surface area contributed by atoms with E-state index in [4.69, 9.17) is 45.3 Å². The average molecular weight is 481 g/mol. The number of nitrogens with zero attached hydrogens (tertiary/aromatic N) is 4. The molecular formula is C22H23Cl2FN4OS. The molecule has 1 saturated heterocycles. The quantitative estimate of drug-likeness (QED) is 0.400. The van der Waals surface area contributed by atoms with E-state index in [1.807, 2.05) is 23.7 Å². The van der Waals surface area contributed by atoms with Gasteiger partial charge in [0, 0.05) is 18.7 Å². The van der Waals surface area contributed by atoms with E-state index in [1.165, 1.54) is 12.1 Å². The third-order valence-corrected chi connectivity index (χ3v) is 6.42. The van der Waals surface area contributed by atoms with Crippen LogP contribution in [0.1, 0.15) is 18.4 Å². The first-order valence-electron chi connectivity index (χ1n) is 10.1. The lowest BCUT2D eigenvalue weighted by Gasteiger charge is -2.17. The minimum atomic E-state index is -0.284. The van der Waals surface area contributed by atoms with Crippen molar-refractivity contribution in [3.63, 3.8) is 0 Å². The van der Waals surface area contributed by atoms with Crippen LogP contribution in [-0.2, 0) is 24.5 Å². The largest absolute Gasteiger partial charge is 0.376 e. The molecule has 31 heavy (non-hydrogen) atoms. The summed E-state index contributed by atoms with van der Waals surface area (Å²) in [5, 5.41) is 5.84. The first-order valence-corrected chi connectivity index (χ1v) is 11.2. The second-order valence-electron chi connectivity index (χ2n) is 7.76. The normalized spacial score (nSPS) is 16.4. The molecule has 2 heterocycles. The molecule has 2 aromatic carbocycles. The van der Waals surface area contributed by atoms with Crippen LogP contribution in [0.15, 0.2) is 42.5 Å². The summed E-state index contributed by atoms with van der Waals surface area (Å²) >= 11 is 17.9. The van der Waals surface area contributed by atoms with Crippen LogP contribution in [0.2, 0.25) is 10.0 Å². The van der Waals surface area contributed by atoms with Gasteiger partial charge in [0.05, 0.1) is 29.4 Å². The van der Waals surface area contributed by atoms with Crippen molar-refractivity contribution in [1.29, 1.82) is 0 Å². The summed E-state index contributed by atoms with van der Waals surface area (Å²) in [5.74, 6) is 0.428. The van der Waals surface area contributed by atoms with Crippen molar-refractivity contribution in [3.8, 4) is 11.4 Å². The predicted molar refractivity (Wildman–Crippen MR) is 123 cm³/mol. The van der Waals surface area contributed by atoms with E-state index < -0.39 is 0 Å². The first-order chi connectivity index (χ1) is 14.9. The Kier molecular flexibility index (Phi) is 7.08. The van der Waals surface area contributed by atoms with E-state index in [-0.39, 0.29) is 11.9 Å². The van der Waals surface area contributed by atoms with Gasteiger partial charge in [-0.05, 0) is 74.1 Å². The van der Waals surface area contributed by atoms with Gasteiger partial charge in [0.2, 0.25) is 0 Å². The van der Waals surface area contributed by atoms with Gasteiger partial charge < -0.3 is 4.74 Å². The Morgan fingerprint density at radius 2 is 1.97 bits per heavy atom. The molecule has 1 aliphatic rings. The summed E-state index contributed by atoms with van der Waals surface area (Å²) in [4.78, 5) is 2.09. The fourth-order valence-corrected chi connectivity index (χ4v) is 4.31. The maximum atomic E-state index is 13.5. The topological polar surface area (TPSA) is 35.2 Å². The second kappa shape index (κ2) is 9.79. The van der Waals surface area contributed by atoms with Crippen LogP contribution in [-0.4, -0.2) is 39.0 Å². The monoisotopic (exact) mass is 480 g/mol. The molecule has 0 amide bonds. The van der Waals surface area contributed by atoms with E-state index >= 15 is 0 Å². The summed E-state index contributed by atoms with van der Waals surface area (Å²) in [6, 6.07) is 11.9. The predicted octanol–water partition coefficient (Wildman–Crippen LogP) is 5.80. The van der Waals surface area contributed by atoms with Gasteiger partial charge >= 0.3 is 0 Å². The number of halogens is 3. The van der Waals surface area contributed by atoms with E-state index in [0.717, 1.165) is 30.6 Å². The lowest BCUT2D eigenvalue weighted by Crippen LogP contribution is -2.23. The molecule has 0 N–H and O–H groups in total. The highest BCUT2D eigenvalue weighted by molar-refractivity contribution is 7.71. The van der Waals surface area contributed by atoms with Gasteiger partial charge in [0.25, 0.3) is 0 Å². The highest BCUT2D eigenvalue weighted by Crippen LogP contribution is 2.24. The molecule has 1 aliphatic heterocycles. The molecule has 164 valence electrons. The van der Waals surface area contributed by atoms with Crippen molar-refractivity contribution in [2.24, 2.45) is 0 Å². The maximum Gasteiger partial charge on any atom is 0.199 e. The maximum absolute atomic E-state index is 13.5. The molecule has 0 saturated carbocycles. The van der Waals surface area contributed by atoms with Gasteiger partial charge in [-0.15, -0.1) is 0 Å². The van der Waals surface area contributed by atoms with Crippen LogP contribution >= 0.6 is 35.4 Å². The fraction of sp³-hybridized carbons (Fsp3) is 0.364. The smallest absolute Gasteiger partial charge is 0.199 e. The minimum absolute atomic E-state index is 0.109. The molecule has 9 heteroatoms. The van der Waals surface area contributed by atoms with Crippen molar-refractivity contribution in [3.05, 3.63) is 68.7 Å². The number of aromatic nitrogens is 3. The Balaban J connectivity index is 1.59. The standard InChI is InChI=1S/C22H23Cl2FN4OS/c1-27(12-15-4-9-19(23)20(24)11-15)14-29-22(31)28(13-18-3-2-10-30-18)21(26-29)16-5-7-17(25)8-6-16/h4-9,11,18H,2-3,10,12-14H2,1H3/t18-/m1/s1. The van der Waals surface area contributed by atoms with Gasteiger partial charge in [0.15, 0.2) is 10.6 Å². The highest BCUT2D eigenvalue weighted by atomic mass is 35.5. The van der Waals surface area contributed by atoms with E-state index in [0.29, 0.717) is 40.4 Å². The van der Waals surface area contributed by atoms with Crippen molar-refractivity contribution >= 4 is 35.4 Å². The van der Waals surface area contributed by atoms with Crippen molar-refractivity contribution < 1.29 is 9.13 Å². The van der Waals surface area contributed by atoms with E-state index in [2.05, 4.69) is 4.90 Å². The highest BCUT2D eigenvalue weighted by Gasteiger charge is 2.21. The Labute approximate surface area is 196 Å². The zero-order chi connectivity index (χ0) is 22.0. The van der Waals surface area contributed by atoms with Crippen LogP contribution in [0, 0.1) is 10.6 Å². The first kappa shape index (κ1) is 22.4. The SMILES string of the molecule is CN(Cc1ccc(Cl)c(Cl)c1)Cn1nc(-c2ccc(F)cc2)n(C[C@H]2CCCO2)c1=S. The molecule has 0 aliphatic carbocycles. The number of hydrogen-bond donors (Lipinski definition) is 0. The van der Waals surface area contributed by atoms with Crippen LogP contribution in [0.4, 0.5) is 4.39 Å². The Morgan fingerprint density at radius 3 is 2.65 bits per heavy atom. The van der Waals surface area contributed by atoms with Gasteiger partial charge in [-0.2, -0.15) is 5.10 Å². The molecule has 5 nitrogen and oxygen atoms in total. The molecule has 3 aromatic rings. The average Bonchev–Trinajstić information content (AvgIpc) is 3.35. The van der Waals surface area contributed by atoms with Crippen LogP contribution in [0.3, 0.4) is 0 Å². The minimum Gasteiger partial charge on any atom is -0.376 e. The number of benzene rings is 2. The summed E-state index contributed by atoms with van der Waals surface area (Å²) in [5.41, 5.74) is 1.86. The number of ether oxygens (including phenoxy) is 1. The van der Waals surface area contributed by atoms with Crippen LogP contribution in [0.5, 0.6) is 0 Å². The van der Waals surface area contributed by atoms with Crippen molar-refractivity contribution in [2.75, 3.05) is 13.7 Å². The zero-order valence-corrected chi connectivity index (χ0v) is 19.4. The van der Waals surface area contributed by atoms with E-state index in [1.54, 1.807) is 22.9 Å². The number of rotatable bonds is 7. The van der Waals surface area contributed by atoms with Gasteiger partial charge in [-0.25, -0.2) is 9.07 Å². The molecule has 1 fully saturated rings. The Morgan fingerprint density at radius 1 is 1.19 bits per heavy atom. The third-order valence-electron chi connectivity index (χ3n) is 5.25. The molecule has 0 unspecified atom stereocenters. The Bertz CT molecular complexity index is 1110.